The third-order valence-corrected chi connectivity index (χ3v) is 14.8. The van der Waals surface area contributed by atoms with E-state index in [0.29, 0.717) is 5.95 Å². The first-order chi connectivity index (χ1) is 30.5. The first-order valence-corrected chi connectivity index (χ1v) is 22.1. The molecular weight excluding hydrogens is 773 g/mol. The van der Waals surface area contributed by atoms with Crippen LogP contribution in [0.1, 0.15) is 25.0 Å². The fourth-order valence-corrected chi connectivity index (χ4v) is 11.9. The van der Waals surface area contributed by atoms with Gasteiger partial charge in [-0.1, -0.05) is 135 Å². The molecule has 290 valence electrons. The minimum atomic E-state index is -0.0331. The third-order valence-electron chi connectivity index (χ3n) is 13.7. The van der Waals surface area contributed by atoms with Crippen LogP contribution >= 0.6 is 11.8 Å². The van der Waals surface area contributed by atoms with Crippen LogP contribution in [0.4, 0.5) is 0 Å². The lowest BCUT2D eigenvalue weighted by atomic mass is 9.82. The van der Waals surface area contributed by atoms with Crippen LogP contribution in [0.25, 0.3) is 110 Å². The monoisotopic (exact) mass is 808 g/mol. The molecule has 0 saturated heterocycles. The van der Waals surface area contributed by atoms with Crippen molar-refractivity contribution in [2.24, 2.45) is 0 Å². The topological polar surface area (TPSA) is 35.6 Å². The van der Waals surface area contributed by atoms with Crippen LogP contribution in [-0.2, 0) is 5.41 Å². The second-order valence-corrected chi connectivity index (χ2v) is 18.5. The van der Waals surface area contributed by atoms with E-state index in [1.807, 2.05) is 0 Å². The number of para-hydroxylation sites is 1. The lowest BCUT2D eigenvalue weighted by Crippen LogP contribution is -2.14. The molecule has 3 aromatic heterocycles. The zero-order valence-electron chi connectivity index (χ0n) is 34.0. The van der Waals surface area contributed by atoms with E-state index in [0.717, 1.165) is 33.2 Å². The summed E-state index contributed by atoms with van der Waals surface area (Å²) in [7, 11) is 0. The summed E-state index contributed by atoms with van der Waals surface area (Å²) in [5.74, 6) is 0.683. The Balaban J connectivity index is 0.968. The quantitative estimate of drug-likeness (QED) is 0.178. The molecule has 0 spiro atoms. The predicted molar refractivity (Wildman–Crippen MR) is 258 cm³/mol. The highest BCUT2D eigenvalue weighted by Gasteiger charge is 2.35. The Kier molecular flexibility index (Phi) is 6.80. The molecule has 0 fully saturated rings. The molecule has 14 rings (SSSR count). The Bertz CT molecular complexity index is 3940. The zero-order chi connectivity index (χ0) is 40.8. The van der Waals surface area contributed by atoms with Gasteiger partial charge in [-0.05, 0) is 117 Å². The van der Waals surface area contributed by atoms with E-state index >= 15 is 0 Å². The Morgan fingerprint density at radius 3 is 1.94 bits per heavy atom. The molecule has 0 atom stereocenters. The summed E-state index contributed by atoms with van der Waals surface area (Å²) in [5, 5.41) is 8.36. The van der Waals surface area contributed by atoms with Gasteiger partial charge in [0.2, 0.25) is 5.95 Å². The van der Waals surface area contributed by atoms with Crippen molar-refractivity contribution in [2.45, 2.75) is 29.1 Å². The second-order valence-electron chi connectivity index (χ2n) is 17.4. The molecule has 62 heavy (non-hydrogen) atoms. The first-order valence-electron chi connectivity index (χ1n) is 21.3. The van der Waals surface area contributed by atoms with Crippen LogP contribution in [0.2, 0.25) is 0 Å². The summed E-state index contributed by atoms with van der Waals surface area (Å²) in [6, 6.07) is 67.0. The lowest BCUT2D eigenvalue weighted by Gasteiger charge is -2.21. The van der Waals surface area contributed by atoms with Crippen LogP contribution in [0.3, 0.4) is 0 Å². The molecule has 4 nitrogen and oxygen atoms in total. The number of rotatable bonds is 3. The van der Waals surface area contributed by atoms with Crippen molar-refractivity contribution in [3.05, 3.63) is 193 Å². The highest BCUT2D eigenvalue weighted by molar-refractivity contribution is 7.99. The van der Waals surface area contributed by atoms with E-state index in [1.54, 1.807) is 11.8 Å². The largest absolute Gasteiger partial charge is 0.309 e. The predicted octanol–water partition coefficient (Wildman–Crippen LogP) is 15.1. The van der Waals surface area contributed by atoms with Crippen molar-refractivity contribution in [3.63, 3.8) is 0 Å². The molecule has 0 unspecified atom stereocenters. The maximum absolute atomic E-state index is 5.44. The molecule has 4 heterocycles. The van der Waals surface area contributed by atoms with Crippen molar-refractivity contribution in [3.8, 4) is 45.1 Å². The summed E-state index contributed by atoms with van der Waals surface area (Å²) in [5.41, 5.74) is 16.6. The molecule has 0 bridgehead atoms. The van der Waals surface area contributed by atoms with Gasteiger partial charge in [0.25, 0.3) is 0 Å². The average molecular weight is 809 g/mol. The van der Waals surface area contributed by atoms with Crippen LogP contribution in [0.5, 0.6) is 0 Å². The molecule has 9 aromatic carbocycles. The molecule has 0 saturated carbocycles. The van der Waals surface area contributed by atoms with Crippen LogP contribution in [0.15, 0.2) is 192 Å². The minimum absolute atomic E-state index is 0.0331. The van der Waals surface area contributed by atoms with E-state index < -0.39 is 0 Å². The van der Waals surface area contributed by atoms with Crippen LogP contribution in [-0.4, -0.2) is 19.1 Å². The molecule has 0 N–H and O–H groups in total. The number of aromatic nitrogens is 4. The van der Waals surface area contributed by atoms with Gasteiger partial charge in [-0.25, -0.2) is 9.97 Å². The van der Waals surface area contributed by atoms with Gasteiger partial charge in [-0.2, -0.15) is 0 Å². The fraction of sp³-hybridized carbons (Fsp3) is 0.0526. The van der Waals surface area contributed by atoms with Crippen molar-refractivity contribution in [2.75, 3.05) is 0 Å². The Morgan fingerprint density at radius 2 is 1.08 bits per heavy atom. The lowest BCUT2D eigenvalue weighted by molar-refractivity contribution is 0.660. The highest BCUT2D eigenvalue weighted by Crippen LogP contribution is 2.50. The Labute approximate surface area is 361 Å². The van der Waals surface area contributed by atoms with Crippen molar-refractivity contribution in [1.29, 1.82) is 0 Å². The minimum Gasteiger partial charge on any atom is -0.309 e. The summed E-state index contributed by atoms with van der Waals surface area (Å²) >= 11 is 1.80. The van der Waals surface area contributed by atoms with Crippen LogP contribution < -0.4 is 0 Å². The molecule has 0 amide bonds. The number of fused-ring (bicyclic) bond motifs is 12. The maximum atomic E-state index is 5.44. The van der Waals surface area contributed by atoms with E-state index in [9.17, 15) is 0 Å². The smallest absolute Gasteiger partial charge is 0.235 e. The molecule has 5 heteroatoms. The van der Waals surface area contributed by atoms with Crippen LogP contribution in [0, 0.1) is 0 Å². The summed E-state index contributed by atoms with van der Waals surface area (Å²) in [4.78, 5) is 13.2. The average Bonchev–Trinajstić information content (AvgIpc) is 3.90. The van der Waals surface area contributed by atoms with Gasteiger partial charge < -0.3 is 4.57 Å². The van der Waals surface area contributed by atoms with E-state index in [-0.39, 0.29) is 5.41 Å². The molecule has 1 aliphatic carbocycles. The number of hydrogen-bond donors (Lipinski definition) is 0. The van der Waals surface area contributed by atoms with E-state index in [2.05, 4.69) is 205 Å². The maximum Gasteiger partial charge on any atom is 0.235 e. The molecular formula is C57H36N4S. The van der Waals surface area contributed by atoms with Gasteiger partial charge in [0, 0.05) is 53.4 Å². The number of nitrogens with zero attached hydrogens (tertiary/aromatic N) is 4. The zero-order valence-corrected chi connectivity index (χ0v) is 34.8. The van der Waals surface area contributed by atoms with Gasteiger partial charge >= 0.3 is 0 Å². The van der Waals surface area contributed by atoms with E-state index in [4.69, 9.17) is 9.97 Å². The molecule has 1 aliphatic heterocycles. The first kappa shape index (κ1) is 34.3. The molecule has 12 aromatic rings. The third kappa shape index (κ3) is 4.63. The van der Waals surface area contributed by atoms with Crippen molar-refractivity contribution in [1.82, 2.24) is 19.1 Å². The number of hydrogen-bond acceptors (Lipinski definition) is 3. The molecule has 0 radical (unpaired) electrons. The summed E-state index contributed by atoms with van der Waals surface area (Å²) in [6.07, 6.45) is 0. The summed E-state index contributed by atoms with van der Waals surface area (Å²) < 4.78 is 4.72. The van der Waals surface area contributed by atoms with Gasteiger partial charge in [-0.3, -0.25) is 4.57 Å². The normalized spacial score (nSPS) is 13.7. The summed E-state index contributed by atoms with van der Waals surface area (Å²) in [6.45, 7) is 4.69. The Morgan fingerprint density at radius 1 is 0.435 bits per heavy atom. The second kappa shape index (κ2) is 12.3. The van der Waals surface area contributed by atoms with Gasteiger partial charge in [-0.15, -0.1) is 0 Å². The van der Waals surface area contributed by atoms with E-state index in [1.165, 1.54) is 92.2 Å². The van der Waals surface area contributed by atoms with Crippen molar-refractivity contribution < 1.29 is 0 Å². The highest BCUT2D eigenvalue weighted by atomic mass is 32.2. The van der Waals surface area contributed by atoms with Gasteiger partial charge in [0.05, 0.1) is 33.3 Å². The van der Waals surface area contributed by atoms with Crippen molar-refractivity contribution >= 4 is 77.0 Å². The fourth-order valence-electron chi connectivity index (χ4n) is 10.8. The van der Waals surface area contributed by atoms with Gasteiger partial charge in [0.15, 0.2) is 0 Å². The Hall–Kier alpha value is -7.47. The SMILES string of the molecule is CC1(C)c2ccccc2-c2cc(-n3c4ccccc4c4cc(-c5ccc6c(c5)c5cc7ccccc7cc5n6-c5nc6c7c(cccc7n5)Sc5ccccc5-6)ccc43)ccc21. The molecule has 2 aliphatic rings. The van der Waals surface area contributed by atoms with Gasteiger partial charge in [0.1, 0.15) is 0 Å². The standard InChI is InChI=1S/C57H36N4S/c1-57(2)45-17-8-5-14-38(45)41-32-37(24-25-46(41)57)60-48-19-9-6-15-39(48)42-29-35(22-26-49(42)60)36-23-27-50-43(30-36)44-28-33-12-3-4-13-34(33)31-51(44)61(50)56-58-47-18-11-21-53-54(47)55(59-56)40-16-7-10-20-52(40)62-53/h3-32H,1-2H3. The number of benzene rings is 9.